The van der Waals surface area contributed by atoms with Crippen molar-refractivity contribution in [1.82, 2.24) is 5.32 Å². The van der Waals surface area contributed by atoms with E-state index in [2.05, 4.69) is 10.1 Å². The zero-order chi connectivity index (χ0) is 9.56. The Morgan fingerprint density at radius 1 is 1.58 bits per heavy atom. The Hall–Kier alpha value is -0.770. The molecule has 1 amide bonds. The lowest BCUT2D eigenvalue weighted by Crippen LogP contribution is -2.39. The van der Waals surface area contributed by atoms with Gasteiger partial charge in [-0.05, 0) is 12.3 Å². The molecular weight excluding hydrogens is 158 g/mol. The van der Waals surface area contributed by atoms with E-state index in [9.17, 15) is 4.79 Å². The van der Waals surface area contributed by atoms with Crippen LogP contribution >= 0.6 is 0 Å². The number of carbonyl (C=O) groups is 1. The lowest BCUT2D eigenvalue weighted by Gasteiger charge is -2.20. The summed E-state index contributed by atoms with van der Waals surface area (Å²) in [7, 11) is 1.33. The van der Waals surface area contributed by atoms with Crippen LogP contribution in [0.5, 0.6) is 0 Å². The lowest BCUT2D eigenvalue weighted by molar-refractivity contribution is 0.158. The van der Waals surface area contributed by atoms with Crippen molar-refractivity contribution >= 4 is 6.09 Å². The smallest absolute Gasteiger partial charge is 0.407 e. The van der Waals surface area contributed by atoms with E-state index in [1.54, 1.807) is 0 Å². The lowest BCUT2D eigenvalue weighted by atomic mass is 10.0. The second-order valence-electron chi connectivity index (χ2n) is 3.00. The van der Waals surface area contributed by atoms with Crippen LogP contribution in [0, 0.1) is 5.92 Å². The molecule has 1 atom stereocenters. The Kier molecular flexibility index (Phi) is 5.45. The van der Waals surface area contributed by atoms with Crippen LogP contribution in [0.2, 0.25) is 0 Å². The summed E-state index contributed by atoms with van der Waals surface area (Å²) in [5.41, 5.74) is 0. The molecule has 0 aliphatic rings. The van der Waals surface area contributed by atoms with Crippen LogP contribution in [-0.4, -0.2) is 31.0 Å². The number of hydrogen-bond donors (Lipinski definition) is 2. The standard InChI is InChI=1S/C8H17NO3/c1-6(2)7(4-5-10)9-8(11)12-3/h6-7,10H,4-5H2,1-3H3,(H,9,11). The normalized spacial score (nSPS) is 12.8. The van der Waals surface area contributed by atoms with Gasteiger partial charge in [0.25, 0.3) is 0 Å². The largest absolute Gasteiger partial charge is 0.453 e. The molecule has 72 valence electrons. The fourth-order valence-electron chi connectivity index (χ4n) is 0.922. The van der Waals surface area contributed by atoms with Gasteiger partial charge in [0.1, 0.15) is 0 Å². The van der Waals surface area contributed by atoms with Crippen molar-refractivity contribution in [3.63, 3.8) is 0 Å². The second-order valence-corrected chi connectivity index (χ2v) is 3.00. The molecule has 1 unspecified atom stereocenters. The minimum Gasteiger partial charge on any atom is -0.453 e. The van der Waals surface area contributed by atoms with E-state index >= 15 is 0 Å². The van der Waals surface area contributed by atoms with Gasteiger partial charge in [-0.2, -0.15) is 0 Å². The first-order valence-corrected chi connectivity index (χ1v) is 4.07. The third-order valence-electron chi connectivity index (χ3n) is 1.73. The molecule has 0 rings (SSSR count). The Balaban J connectivity index is 3.86. The molecular formula is C8H17NO3. The third-order valence-corrected chi connectivity index (χ3v) is 1.73. The number of ether oxygens (including phenoxy) is 1. The number of nitrogens with one attached hydrogen (secondary N) is 1. The van der Waals surface area contributed by atoms with Crippen LogP contribution in [0.15, 0.2) is 0 Å². The minimum atomic E-state index is -0.442. The SMILES string of the molecule is COC(=O)NC(CCO)C(C)C. The van der Waals surface area contributed by atoms with Crippen molar-refractivity contribution in [2.24, 2.45) is 5.92 Å². The second kappa shape index (κ2) is 5.83. The number of rotatable bonds is 4. The summed E-state index contributed by atoms with van der Waals surface area (Å²) in [5, 5.41) is 11.3. The van der Waals surface area contributed by atoms with Gasteiger partial charge in [0.2, 0.25) is 0 Å². The van der Waals surface area contributed by atoms with E-state index in [1.165, 1.54) is 7.11 Å². The molecule has 4 heteroatoms. The van der Waals surface area contributed by atoms with E-state index in [-0.39, 0.29) is 12.6 Å². The van der Waals surface area contributed by atoms with Crippen LogP contribution in [0.3, 0.4) is 0 Å². The Labute approximate surface area is 72.9 Å². The first-order chi connectivity index (χ1) is 5.61. The van der Waals surface area contributed by atoms with Gasteiger partial charge < -0.3 is 15.2 Å². The van der Waals surface area contributed by atoms with Crippen LogP contribution in [0.1, 0.15) is 20.3 Å². The van der Waals surface area contributed by atoms with Crippen molar-refractivity contribution in [1.29, 1.82) is 0 Å². The minimum absolute atomic E-state index is 0.0116. The van der Waals surface area contributed by atoms with E-state index < -0.39 is 6.09 Å². The van der Waals surface area contributed by atoms with E-state index in [0.717, 1.165) is 0 Å². The van der Waals surface area contributed by atoms with Crippen LogP contribution < -0.4 is 5.32 Å². The molecule has 0 aromatic rings. The fourth-order valence-corrected chi connectivity index (χ4v) is 0.922. The third kappa shape index (κ3) is 4.18. The van der Waals surface area contributed by atoms with Crippen molar-refractivity contribution in [2.75, 3.05) is 13.7 Å². The van der Waals surface area contributed by atoms with Gasteiger partial charge in [-0.15, -0.1) is 0 Å². The maximum atomic E-state index is 10.8. The Bertz CT molecular complexity index is 136. The average Bonchev–Trinajstić information content (AvgIpc) is 2.03. The van der Waals surface area contributed by atoms with Gasteiger partial charge in [-0.3, -0.25) is 0 Å². The highest BCUT2D eigenvalue weighted by Crippen LogP contribution is 2.05. The summed E-state index contributed by atoms with van der Waals surface area (Å²) in [4.78, 5) is 10.8. The summed E-state index contributed by atoms with van der Waals surface area (Å²) in [6.07, 6.45) is 0.120. The van der Waals surface area contributed by atoms with Crippen LogP contribution in [0.4, 0.5) is 4.79 Å². The van der Waals surface area contributed by atoms with Crippen molar-refractivity contribution in [3.05, 3.63) is 0 Å². The first kappa shape index (κ1) is 11.2. The monoisotopic (exact) mass is 175 g/mol. The molecule has 0 fully saturated rings. The zero-order valence-electron chi connectivity index (χ0n) is 7.83. The quantitative estimate of drug-likeness (QED) is 0.662. The van der Waals surface area contributed by atoms with E-state index in [4.69, 9.17) is 5.11 Å². The highest BCUT2D eigenvalue weighted by molar-refractivity contribution is 5.67. The number of carbonyl (C=O) groups excluding carboxylic acids is 1. The number of hydrogen-bond acceptors (Lipinski definition) is 3. The summed E-state index contributed by atoms with van der Waals surface area (Å²) < 4.78 is 4.45. The Morgan fingerprint density at radius 3 is 2.50 bits per heavy atom. The molecule has 0 spiro atoms. The molecule has 0 aliphatic heterocycles. The van der Waals surface area contributed by atoms with E-state index in [0.29, 0.717) is 12.3 Å². The molecule has 0 bridgehead atoms. The highest BCUT2D eigenvalue weighted by Gasteiger charge is 2.15. The molecule has 0 aliphatic carbocycles. The molecule has 0 aromatic heterocycles. The van der Waals surface area contributed by atoms with Crippen LogP contribution in [-0.2, 0) is 4.74 Å². The van der Waals surface area contributed by atoms with Gasteiger partial charge in [-0.1, -0.05) is 13.8 Å². The van der Waals surface area contributed by atoms with Gasteiger partial charge in [0.15, 0.2) is 0 Å². The predicted molar refractivity (Wildman–Crippen MR) is 45.9 cm³/mol. The highest BCUT2D eigenvalue weighted by atomic mass is 16.5. The maximum Gasteiger partial charge on any atom is 0.407 e. The molecule has 0 aromatic carbocycles. The fraction of sp³-hybridized carbons (Fsp3) is 0.875. The van der Waals surface area contributed by atoms with Gasteiger partial charge >= 0.3 is 6.09 Å². The average molecular weight is 175 g/mol. The summed E-state index contributed by atoms with van der Waals surface area (Å²) in [5.74, 6) is 0.302. The predicted octanol–water partition coefficient (Wildman–Crippen LogP) is 0.749. The number of amides is 1. The van der Waals surface area contributed by atoms with Gasteiger partial charge in [0.05, 0.1) is 7.11 Å². The summed E-state index contributed by atoms with van der Waals surface area (Å²) in [6, 6.07) is -0.0116. The molecule has 0 heterocycles. The molecule has 12 heavy (non-hydrogen) atoms. The molecule has 2 N–H and O–H groups in total. The van der Waals surface area contributed by atoms with Crippen molar-refractivity contribution in [2.45, 2.75) is 26.3 Å². The van der Waals surface area contributed by atoms with Crippen molar-refractivity contribution < 1.29 is 14.6 Å². The molecule has 0 radical (unpaired) electrons. The maximum absolute atomic E-state index is 10.8. The van der Waals surface area contributed by atoms with Gasteiger partial charge in [0, 0.05) is 12.6 Å². The topological polar surface area (TPSA) is 58.6 Å². The summed E-state index contributed by atoms with van der Waals surface area (Å²) >= 11 is 0. The number of aliphatic hydroxyl groups excluding tert-OH is 1. The molecule has 0 saturated carbocycles. The Morgan fingerprint density at radius 2 is 2.17 bits per heavy atom. The number of aliphatic hydroxyl groups is 1. The number of methoxy groups -OCH3 is 1. The first-order valence-electron chi connectivity index (χ1n) is 4.07. The molecule has 4 nitrogen and oxygen atoms in total. The molecule has 0 saturated heterocycles. The zero-order valence-corrected chi connectivity index (χ0v) is 7.83. The number of alkyl carbamates (subject to hydrolysis) is 1. The van der Waals surface area contributed by atoms with E-state index in [1.807, 2.05) is 13.8 Å². The van der Waals surface area contributed by atoms with Crippen molar-refractivity contribution in [3.8, 4) is 0 Å². The van der Waals surface area contributed by atoms with Crippen LogP contribution in [0.25, 0.3) is 0 Å². The summed E-state index contributed by atoms with van der Waals surface area (Å²) in [6.45, 7) is 4.04. The van der Waals surface area contributed by atoms with Gasteiger partial charge in [-0.25, -0.2) is 4.79 Å².